The number of nitrogens with zero attached hydrogens (tertiary/aromatic N) is 4. The minimum Gasteiger partial charge on any atom is -0.496 e. The van der Waals surface area contributed by atoms with Crippen LogP contribution >= 0.6 is 0 Å². The van der Waals surface area contributed by atoms with Crippen molar-refractivity contribution in [3.63, 3.8) is 0 Å². The Labute approximate surface area is 205 Å². The Morgan fingerprint density at radius 1 is 0.971 bits per heavy atom. The number of carbonyl (C=O) groups is 2. The van der Waals surface area contributed by atoms with E-state index in [0.29, 0.717) is 44.0 Å². The highest BCUT2D eigenvalue weighted by molar-refractivity contribution is 5.94. The van der Waals surface area contributed by atoms with Gasteiger partial charge in [-0.25, -0.2) is 0 Å². The number of aromatic amines is 1. The van der Waals surface area contributed by atoms with Crippen molar-refractivity contribution in [3.05, 3.63) is 76.6 Å². The van der Waals surface area contributed by atoms with Gasteiger partial charge < -0.3 is 19.4 Å². The molecular formula is C27H31N5O3. The Kier molecular flexibility index (Phi) is 6.44. The van der Waals surface area contributed by atoms with Crippen LogP contribution in [0.25, 0.3) is 0 Å². The average Bonchev–Trinajstić information content (AvgIpc) is 3.32. The predicted octanol–water partition coefficient (Wildman–Crippen LogP) is 2.82. The molecule has 35 heavy (non-hydrogen) atoms. The molecule has 0 bridgehead atoms. The quantitative estimate of drug-likeness (QED) is 0.616. The molecule has 0 radical (unpaired) electrons. The van der Waals surface area contributed by atoms with Gasteiger partial charge in [0, 0.05) is 68.2 Å². The first-order valence-corrected chi connectivity index (χ1v) is 12.1. The van der Waals surface area contributed by atoms with Gasteiger partial charge >= 0.3 is 0 Å². The third kappa shape index (κ3) is 4.60. The largest absolute Gasteiger partial charge is 0.496 e. The van der Waals surface area contributed by atoms with Crippen molar-refractivity contribution in [2.24, 2.45) is 0 Å². The normalized spacial score (nSPS) is 15.7. The third-order valence-electron chi connectivity index (χ3n) is 7.05. The minimum atomic E-state index is -0.0639. The fourth-order valence-corrected chi connectivity index (χ4v) is 5.03. The summed E-state index contributed by atoms with van der Waals surface area (Å²) in [5.74, 6) is 0.667. The molecule has 1 fully saturated rings. The number of amides is 2. The Bertz CT molecular complexity index is 1230. The summed E-state index contributed by atoms with van der Waals surface area (Å²) in [5.41, 5.74) is 5.57. The van der Waals surface area contributed by atoms with E-state index in [0.717, 1.165) is 29.9 Å². The molecule has 0 aliphatic carbocycles. The number of hydrogen-bond acceptors (Lipinski definition) is 5. The summed E-state index contributed by atoms with van der Waals surface area (Å²) in [6.45, 7) is 5.97. The number of para-hydroxylation sites is 2. The molecule has 8 heteroatoms. The van der Waals surface area contributed by atoms with Gasteiger partial charge in [0.1, 0.15) is 5.75 Å². The number of anilines is 1. The average molecular weight is 474 g/mol. The van der Waals surface area contributed by atoms with E-state index in [1.54, 1.807) is 7.11 Å². The van der Waals surface area contributed by atoms with Crippen molar-refractivity contribution in [2.45, 2.75) is 26.3 Å². The summed E-state index contributed by atoms with van der Waals surface area (Å²) in [6.07, 6.45) is 0.926. The first-order chi connectivity index (χ1) is 17.0. The van der Waals surface area contributed by atoms with Gasteiger partial charge in [-0.2, -0.15) is 5.10 Å². The summed E-state index contributed by atoms with van der Waals surface area (Å²) in [7, 11) is 1.61. The molecule has 2 aliphatic heterocycles. The molecule has 3 aromatic rings. The second-order valence-electron chi connectivity index (χ2n) is 9.15. The number of rotatable bonds is 5. The fourth-order valence-electron chi connectivity index (χ4n) is 5.03. The lowest BCUT2D eigenvalue weighted by molar-refractivity contribution is -0.131. The number of ether oxygens (including phenoxy) is 1. The second-order valence-corrected chi connectivity index (χ2v) is 9.15. The van der Waals surface area contributed by atoms with E-state index in [1.807, 2.05) is 40.1 Å². The smallest absolute Gasteiger partial charge is 0.274 e. The molecule has 2 aromatic carbocycles. The predicted molar refractivity (Wildman–Crippen MR) is 134 cm³/mol. The van der Waals surface area contributed by atoms with Gasteiger partial charge in [0.2, 0.25) is 5.91 Å². The Hall–Kier alpha value is -3.81. The van der Waals surface area contributed by atoms with Crippen LogP contribution in [0, 0.1) is 6.92 Å². The Balaban J connectivity index is 1.25. The number of aromatic nitrogens is 2. The number of benzene rings is 2. The molecule has 1 N–H and O–H groups in total. The molecule has 0 saturated carbocycles. The molecule has 1 aromatic heterocycles. The highest BCUT2D eigenvalue weighted by Crippen LogP contribution is 2.25. The van der Waals surface area contributed by atoms with Gasteiger partial charge in [-0.1, -0.05) is 36.4 Å². The van der Waals surface area contributed by atoms with Crippen LogP contribution in [0.3, 0.4) is 0 Å². The maximum absolute atomic E-state index is 13.4. The Morgan fingerprint density at radius 3 is 2.49 bits per heavy atom. The van der Waals surface area contributed by atoms with E-state index in [4.69, 9.17) is 4.74 Å². The zero-order valence-corrected chi connectivity index (χ0v) is 20.3. The lowest BCUT2D eigenvalue weighted by Gasteiger charge is -2.36. The summed E-state index contributed by atoms with van der Waals surface area (Å²) < 4.78 is 5.40. The molecule has 5 rings (SSSR count). The van der Waals surface area contributed by atoms with Crippen LogP contribution in [0.2, 0.25) is 0 Å². The summed E-state index contributed by atoms with van der Waals surface area (Å²) in [5, 5.41) is 7.43. The number of methoxy groups -OCH3 is 1. The maximum Gasteiger partial charge on any atom is 0.274 e. The van der Waals surface area contributed by atoms with Crippen molar-refractivity contribution in [2.75, 3.05) is 44.7 Å². The van der Waals surface area contributed by atoms with Crippen molar-refractivity contribution in [3.8, 4) is 5.75 Å². The van der Waals surface area contributed by atoms with Crippen molar-refractivity contribution < 1.29 is 14.3 Å². The second kappa shape index (κ2) is 9.82. The molecule has 3 heterocycles. The van der Waals surface area contributed by atoms with Crippen LogP contribution < -0.4 is 9.64 Å². The topological polar surface area (TPSA) is 81.8 Å². The molecule has 2 amide bonds. The monoisotopic (exact) mass is 473 g/mol. The van der Waals surface area contributed by atoms with Crippen LogP contribution in [0.15, 0.2) is 48.5 Å². The van der Waals surface area contributed by atoms with Gasteiger partial charge in [-0.3, -0.25) is 14.7 Å². The SMILES string of the molecule is COc1ccccc1CC(=O)N1CCc2[nH]nc(C(=O)N3CCN(c4ccccc4C)CC3)c2C1. The van der Waals surface area contributed by atoms with Crippen molar-refractivity contribution in [1.82, 2.24) is 20.0 Å². The van der Waals surface area contributed by atoms with E-state index < -0.39 is 0 Å². The number of piperazine rings is 1. The fraction of sp³-hybridized carbons (Fsp3) is 0.370. The standard InChI is InChI=1S/C27H31N5O3/c1-19-7-3-5-9-23(19)30-13-15-31(16-14-30)27(34)26-21-18-32(12-11-22(21)28-29-26)25(33)17-20-8-4-6-10-24(20)35-2/h3-10H,11-18H2,1-2H3,(H,28,29). The third-order valence-corrected chi connectivity index (χ3v) is 7.05. The molecular weight excluding hydrogens is 442 g/mol. The van der Waals surface area contributed by atoms with Gasteiger partial charge in [-0.15, -0.1) is 0 Å². The maximum atomic E-state index is 13.4. The van der Waals surface area contributed by atoms with Gasteiger partial charge in [0.15, 0.2) is 5.69 Å². The zero-order valence-electron chi connectivity index (χ0n) is 20.3. The molecule has 0 spiro atoms. The van der Waals surface area contributed by atoms with Crippen molar-refractivity contribution >= 4 is 17.5 Å². The number of H-pyrrole nitrogens is 1. The number of nitrogens with one attached hydrogen (secondary N) is 1. The van der Waals surface area contributed by atoms with E-state index in [1.165, 1.54) is 11.3 Å². The number of fused-ring (bicyclic) bond motifs is 1. The zero-order chi connectivity index (χ0) is 24.4. The highest BCUT2D eigenvalue weighted by atomic mass is 16.5. The summed E-state index contributed by atoms with van der Waals surface area (Å²) >= 11 is 0. The minimum absolute atomic E-state index is 0.0200. The van der Waals surface area contributed by atoms with E-state index in [2.05, 4.69) is 40.2 Å². The number of carbonyl (C=O) groups excluding carboxylic acids is 2. The van der Waals surface area contributed by atoms with Crippen LogP contribution in [-0.4, -0.2) is 71.6 Å². The van der Waals surface area contributed by atoms with E-state index in [9.17, 15) is 9.59 Å². The molecule has 1 saturated heterocycles. The molecule has 2 aliphatic rings. The molecule has 0 unspecified atom stereocenters. The summed E-state index contributed by atoms with van der Waals surface area (Å²) in [4.78, 5) is 32.5. The van der Waals surface area contributed by atoms with Gasteiger partial charge in [0.25, 0.3) is 5.91 Å². The van der Waals surface area contributed by atoms with E-state index >= 15 is 0 Å². The van der Waals surface area contributed by atoms with Crippen LogP contribution in [-0.2, 0) is 24.2 Å². The molecule has 0 atom stereocenters. The number of hydrogen-bond donors (Lipinski definition) is 1. The first kappa shape index (κ1) is 23.0. The lowest BCUT2D eigenvalue weighted by Crippen LogP contribution is -2.49. The van der Waals surface area contributed by atoms with Gasteiger partial charge in [0.05, 0.1) is 13.5 Å². The molecule has 8 nitrogen and oxygen atoms in total. The number of aryl methyl sites for hydroxylation is 1. The lowest BCUT2D eigenvalue weighted by atomic mass is 10.0. The van der Waals surface area contributed by atoms with Gasteiger partial charge in [-0.05, 0) is 24.6 Å². The van der Waals surface area contributed by atoms with Crippen LogP contribution in [0.1, 0.15) is 32.9 Å². The Morgan fingerprint density at radius 2 is 1.71 bits per heavy atom. The van der Waals surface area contributed by atoms with Crippen LogP contribution in [0.4, 0.5) is 5.69 Å². The highest BCUT2D eigenvalue weighted by Gasteiger charge is 2.31. The summed E-state index contributed by atoms with van der Waals surface area (Å²) in [6, 6.07) is 15.9. The van der Waals surface area contributed by atoms with Crippen LogP contribution in [0.5, 0.6) is 5.75 Å². The van der Waals surface area contributed by atoms with Crippen molar-refractivity contribution in [1.29, 1.82) is 0 Å². The van der Waals surface area contributed by atoms with E-state index in [-0.39, 0.29) is 18.2 Å². The molecule has 182 valence electrons. The first-order valence-electron chi connectivity index (χ1n) is 12.1.